The molecule has 0 aromatic carbocycles. The van der Waals surface area contributed by atoms with E-state index >= 15 is 0 Å². The maximum absolute atomic E-state index is 5.62. The van der Waals surface area contributed by atoms with Gasteiger partial charge in [0.05, 0.1) is 6.04 Å². The Balaban J connectivity index is 1.58. The highest BCUT2D eigenvalue weighted by molar-refractivity contribution is 5.10. The van der Waals surface area contributed by atoms with Crippen LogP contribution in [0.1, 0.15) is 56.3 Å². The fourth-order valence-electron chi connectivity index (χ4n) is 4.02. The number of ether oxygens (including phenoxy) is 1. The number of rotatable bonds is 3. The molecule has 5 heteroatoms. The molecule has 1 aromatic rings. The molecule has 1 N–H and O–H groups in total. The highest BCUT2D eigenvalue weighted by Crippen LogP contribution is 2.46. The summed E-state index contributed by atoms with van der Waals surface area (Å²) in [6.07, 6.45) is 7.17. The van der Waals surface area contributed by atoms with Crippen molar-refractivity contribution in [2.24, 2.45) is 11.8 Å². The van der Waals surface area contributed by atoms with Gasteiger partial charge in [-0.2, -0.15) is 4.98 Å². The van der Waals surface area contributed by atoms with Gasteiger partial charge in [-0.15, -0.1) is 0 Å². The summed E-state index contributed by atoms with van der Waals surface area (Å²) in [7, 11) is 1.75. The SMILES string of the molecule is COC1(c2noc(C3NCC4CCCC43)n2)CCC1. The van der Waals surface area contributed by atoms with Crippen molar-refractivity contribution in [3.05, 3.63) is 11.7 Å². The van der Waals surface area contributed by atoms with Gasteiger partial charge >= 0.3 is 0 Å². The Morgan fingerprint density at radius 1 is 1.32 bits per heavy atom. The normalized spacial score (nSPS) is 36.2. The van der Waals surface area contributed by atoms with E-state index in [2.05, 4.69) is 15.5 Å². The smallest absolute Gasteiger partial charge is 0.244 e. The maximum atomic E-state index is 5.62. The van der Waals surface area contributed by atoms with Crippen LogP contribution in [-0.2, 0) is 10.3 Å². The van der Waals surface area contributed by atoms with E-state index in [0.29, 0.717) is 5.92 Å². The maximum Gasteiger partial charge on any atom is 0.244 e. The van der Waals surface area contributed by atoms with Crippen LogP contribution in [0.15, 0.2) is 4.52 Å². The minimum Gasteiger partial charge on any atom is -0.370 e. The van der Waals surface area contributed by atoms with E-state index in [-0.39, 0.29) is 11.6 Å². The predicted octanol–water partition coefficient (Wildman–Crippen LogP) is 2.16. The second kappa shape index (κ2) is 4.28. The van der Waals surface area contributed by atoms with Gasteiger partial charge < -0.3 is 14.6 Å². The summed E-state index contributed by atoms with van der Waals surface area (Å²) in [5, 5.41) is 7.75. The third-order valence-electron chi connectivity index (χ3n) is 5.41. The molecule has 1 aromatic heterocycles. The third-order valence-corrected chi connectivity index (χ3v) is 5.41. The van der Waals surface area contributed by atoms with Gasteiger partial charge in [-0.25, -0.2) is 0 Å². The largest absolute Gasteiger partial charge is 0.370 e. The van der Waals surface area contributed by atoms with Gasteiger partial charge in [0, 0.05) is 7.11 Å². The van der Waals surface area contributed by atoms with Gasteiger partial charge in [0.2, 0.25) is 11.7 Å². The van der Waals surface area contributed by atoms with E-state index in [4.69, 9.17) is 9.26 Å². The average molecular weight is 263 g/mol. The number of methoxy groups -OCH3 is 1. The molecule has 2 saturated carbocycles. The van der Waals surface area contributed by atoms with Gasteiger partial charge in [0.25, 0.3) is 0 Å². The van der Waals surface area contributed by atoms with Gasteiger partial charge in [0.1, 0.15) is 5.60 Å². The Morgan fingerprint density at radius 2 is 2.21 bits per heavy atom. The van der Waals surface area contributed by atoms with E-state index < -0.39 is 0 Å². The first kappa shape index (κ1) is 11.9. The molecule has 3 atom stereocenters. The summed E-state index contributed by atoms with van der Waals surface area (Å²) < 4.78 is 11.2. The van der Waals surface area contributed by atoms with Gasteiger partial charge in [0.15, 0.2) is 0 Å². The molecule has 1 saturated heterocycles. The van der Waals surface area contributed by atoms with Crippen molar-refractivity contribution in [1.29, 1.82) is 0 Å². The zero-order valence-electron chi connectivity index (χ0n) is 11.4. The van der Waals surface area contributed by atoms with Crippen LogP contribution in [0.25, 0.3) is 0 Å². The topological polar surface area (TPSA) is 60.2 Å². The zero-order valence-corrected chi connectivity index (χ0v) is 11.4. The Morgan fingerprint density at radius 3 is 2.95 bits per heavy atom. The van der Waals surface area contributed by atoms with Crippen LogP contribution in [0.5, 0.6) is 0 Å². The standard InChI is InChI=1S/C14H21N3O2/c1-18-14(6-3-7-14)13-16-12(19-17-13)11-10-5-2-4-9(10)8-15-11/h9-11,15H,2-8H2,1H3. The molecule has 2 heterocycles. The quantitative estimate of drug-likeness (QED) is 0.905. The van der Waals surface area contributed by atoms with Crippen molar-refractivity contribution in [3.63, 3.8) is 0 Å². The van der Waals surface area contributed by atoms with E-state index in [1.807, 2.05) is 0 Å². The summed E-state index contributed by atoms with van der Waals surface area (Å²) in [5.41, 5.74) is -0.268. The fourth-order valence-corrected chi connectivity index (χ4v) is 4.02. The molecule has 0 amide bonds. The Bertz CT molecular complexity index is 464. The van der Waals surface area contributed by atoms with Crippen molar-refractivity contribution in [2.45, 2.75) is 50.2 Å². The van der Waals surface area contributed by atoms with Crippen molar-refractivity contribution in [3.8, 4) is 0 Å². The lowest BCUT2D eigenvalue weighted by atomic mass is 9.79. The number of aromatic nitrogens is 2. The second-order valence-corrected chi connectivity index (χ2v) is 6.25. The molecule has 3 aliphatic rings. The van der Waals surface area contributed by atoms with E-state index in [9.17, 15) is 0 Å². The zero-order chi connectivity index (χ0) is 12.9. The van der Waals surface area contributed by atoms with Gasteiger partial charge in [-0.1, -0.05) is 11.6 Å². The minimum absolute atomic E-state index is 0.266. The van der Waals surface area contributed by atoms with Gasteiger partial charge in [-0.05, 0) is 50.5 Å². The first-order valence-electron chi connectivity index (χ1n) is 7.45. The van der Waals surface area contributed by atoms with Crippen LogP contribution in [0, 0.1) is 11.8 Å². The van der Waals surface area contributed by atoms with E-state index in [1.54, 1.807) is 7.11 Å². The molecule has 0 spiro atoms. The number of fused-ring (bicyclic) bond motifs is 1. The Hall–Kier alpha value is -0.940. The molecule has 19 heavy (non-hydrogen) atoms. The molecule has 3 unspecified atom stereocenters. The van der Waals surface area contributed by atoms with Crippen molar-refractivity contribution < 1.29 is 9.26 Å². The van der Waals surface area contributed by atoms with E-state index in [1.165, 1.54) is 25.7 Å². The minimum atomic E-state index is -0.268. The monoisotopic (exact) mass is 263 g/mol. The molecular formula is C14H21N3O2. The second-order valence-electron chi connectivity index (χ2n) is 6.25. The average Bonchev–Trinajstić information content (AvgIpc) is 3.02. The summed E-state index contributed by atoms with van der Waals surface area (Å²) in [6, 6.07) is 0.266. The predicted molar refractivity (Wildman–Crippen MR) is 68.4 cm³/mol. The summed E-state index contributed by atoms with van der Waals surface area (Å²) >= 11 is 0. The lowest BCUT2D eigenvalue weighted by Gasteiger charge is -2.37. The molecule has 2 aliphatic carbocycles. The molecule has 1 aliphatic heterocycles. The summed E-state index contributed by atoms with van der Waals surface area (Å²) in [6.45, 7) is 1.10. The lowest BCUT2D eigenvalue weighted by Crippen LogP contribution is -2.37. The number of hydrogen-bond acceptors (Lipinski definition) is 5. The first-order valence-corrected chi connectivity index (χ1v) is 7.45. The Kier molecular flexibility index (Phi) is 2.67. The van der Waals surface area contributed by atoms with Crippen LogP contribution < -0.4 is 5.32 Å². The van der Waals surface area contributed by atoms with Crippen LogP contribution in [0.4, 0.5) is 0 Å². The molecule has 3 fully saturated rings. The summed E-state index contributed by atoms with van der Waals surface area (Å²) in [5.74, 6) is 3.01. The lowest BCUT2D eigenvalue weighted by molar-refractivity contribution is -0.0858. The van der Waals surface area contributed by atoms with E-state index in [0.717, 1.165) is 37.0 Å². The highest BCUT2D eigenvalue weighted by atomic mass is 16.5. The highest BCUT2D eigenvalue weighted by Gasteiger charge is 2.46. The van der Waals surface area contributed by atoms with Crippen LogP contribution in [0.2, 0.25) is 0 Å². The molecule has 104 valence electrons. The third kappa shape index (κ3) is 1.68. The molecule has 4 rings (SSSR count). The molecular weight excluding hydrogens is 242 g/mol. The van der Waals surface area contributed by atoms with Crippen LogP contribution in [0.3, 0.4) is 0 Å². The van der Waals surface area contributed by atoms with Crippen molar-refractivity contribution in [1.82, 2.24) is 15.5 Å². The number of nitrogens with one attached hydrogen (secondary N) is 1. The number of hydrogen-bond donors (Lipinski definition) is 1. The summed E-state index contributed by atoms with van der Waals surface area (Å²) in [4.78, 5) is 4.65. The number of nitrogens with zero attached hydrogens (tertiary/aromatic N) is 2. The van der Waals surface area contributed by atoms with Crippen molar-refractivity contribution >= 4 is 0 Å². The van der Waals surface area contributed by atoms with Crippen LogP contribution >= 0.6 is 0 Å². The molecule has 5 nitrogen and oxygen atoms in total. The Labute approximate surface area is 113 Å². The van der Waals surface area contributed by atoms with Crippen molar-refractivity contribution in [2.75, 3.05) is 13.7 Å². The van der Waals surface area contributed by atoms with Gasteiger partial charge in [-0.3, -0.25) is 0 Å². The fraction of sp³-hybridized carbons (Fsp3) is 0.857. The first-order chi connectivity index (χ1) is 9.32. The van der Waals surface area contributed by atoms with Crippen LogP contribution in [-0.4, -0.2) is 23.8 Å². The molecule has 0 bridgehead atoms. The molecule has 0 radical (unpaired) electrons.